The van der Waals surface area contributed by atoms with E-state index in [0.29, 0.717) is 31.9 Å². The summed E-state index contributed by atoms with van der Waals surface area (Å²) in [4.78, 5) is 55.2. The maximum Gasteiger partial charge on any atom is 0.287 e. The number of carbonyl (C=O) groups is 4. The first kappa shape index (κ1) is 28.9. The second-order valence-electron chi connectivity index (χ2n) is 9.03. The molecule has 3 rings (SSSR count). The first-order valence-electron chi connectivity index (χ1n) is 12.1. The van der Waals surface area contributed by atoms with Gasteiger partial charge in [-0.2, -0.15) is 4.31 Å². The van der Waals surface area contributed by atoms with Crippen LogP contribution in [0.25, 0.3) is 0 Å². The zero-order chi connectivity index (χ0) is 27.9. The normalized spacial score (nSPS) is 15.4. The topological polar surface area (TPSA) is 163 Å². The van der Waals surface area contributed by atoms with E-state index in [2.05, 4.69) is 25.8 Å². The summed E-state index contributed by atoms with van der Waals surface area (Å²) >= 11 is 0. The number of nitrogens with zero attached hydrogens (tertiary/aromatic N) is 4. The first-order valence-corrected chi connectivity index (χ1v) is 13.6. The standard InChI is InChI=1S/C24H33N7O6S/c1-25-24(35)21(32)6-4-5-19(28-23(34)20-15-26-16-30(20)3)22(33)27-17-7-9-18(10-8-17)38(36,37)31-13-11-29(2)12-14-31/h7-10,15-16,19H,4-6,11-14H2,1-3H3,(H,25,35)(H,27,33)(H,28,34)/t19-/m0/s1. The van der Waals surface area contributed by atoms with Gasteiger partial charge >= 0.3 is 0 Å². The Morgan fingerprint density at radius 3 is 2.26 bits per heavy atom. The molecule has 2 heterocycles. The van der Waals surface area contributed by atoms with E-state index in [1.54, 1.807) is 7.05 Å². The molecule has 0 aliphatic carbocycles. The van der Waals surface area contributed by atoms with Crippen molar-refractivity contribution in [3.63, 3.8) is 0 Å². The van der Waals surface area contributed by atoms with Gasteiger partial charge in [0, 0.05) is 52.4 Å². The summed E-state index contributed by atoms with van der Waals surface area (Å²) in [5.41, 5.74) is 0.580. The highest BCUT2D eigenvalue weighted by atomic mass is 32.2. The van der Waals surface area contributed by atoms with E-state index in [-0.39, 0.29) is 29.9 Å². The van der Waals surface area contributed by atoms with Gasteiger partial charge in [-0.3, -0.25) is 19.2 Å². The molecule has 1 aromatic heterocycles. The third-order valence-electron chi connectivity index (χ3n) is 6.27. The summed E-state index contributed by atoms with van der Waals surface area (Å²) in [6, 6.07) is 4.79. The van der Waals surface area contributed by atoms with Crippen molar-refractivity contribution in [1.82, 2.24) is 29.4 Å². The van der Waals surface area contributed by atoms with Gasteiger partial charge in [0.05, 0.1) is 17.4 Å². The van der Waals surface area contributed by atoms with Crippen molar-refractivity contribution in [2.45, 2.75) is 30.2 Å². The van der Waals surface area contributed by atoms with Crippen molar-refractivity contribution in [2.24, 2.45) is 7.05 Å². The molecule has 0 unspecified atom stereocenters. The van der Waals surface area contributed by atoms with Crippen LogP contribution in [0.2, 0.25) is 0 Å². The molecule has 1 atom stereocenters. The third kappa shape index (κ3) is 7.24. The van der Waals surface area contributed by atoms with Crippen LogP contribution in [-0.2, 0) is 31.5 Å². The van der Waals surface area contributed by atoms with Crippen LogP contribution >= 0.6 is 0 Å². The molecule has 0 saturated carbocycles. The Morgan fingerprint density at radius 1 is 1.03 bits per heavy atom. The maximum absolute atomic E-state index is 13.1. The van der Waals surface area contributed by atoms with E-state index in [1.165, 1.54) is 52.7 Å². The predicted octanol–water partition coefficient (Wildman–Crippen LogP) is -0.421. The van der Waals surface area contributed by atoms with Gasteiger partial charge in [-0.25, -0.2) is 13.4 Å². The largest absolute Gasteiger partial charge is 0.353 e. The molecule has 1 fully saturated rings. The maximum atomic E-state index is 13.1. The molecule has 38 heavy (non-hydrogen) atoms. The zero-order valence-electron chi connectivity index (χ0n) is 21.6. The van der Waals surface area contributed by atoms with Crippen LogP contribution in [0.3, 0.4) is 0 Å². The SMILES string of the molecule is CNC(=O)C(=O)CCC[C@H](NC(=O)c1cncn1C)C(=O)Nc1ccc(S(=O)(=O)N2CCN(C)CC2)cc1. The van der Waals surface area contributed by atoms with Crippen molar-refractivity contribution in [1.29, 1.82) is 0 Å². The molecule has 1 aliphatic heterocycles. The van der Waals surface area contributed by atoms with E-state index in [0.717, 1.165) is 0 Å². The number of ketones is 1. The summed E-state index contributed by atoms with van der Waals surface area (Å²) in [5.74, 6) is -2.43. The van der Waals surface area contributed by atoms with Gasteiger partial charge in [-0.05, 0) is 44.2 Å². The number of sulfonamides is 1. The molecule has 206 valence electrons. The summed E-state index contributed by atoms with van der Waals surface area (Å²) in [6.07, 6.45) is 2.98. The minimum absolute atomic E-state index is 0.0913. The number of nitrogens with one attached hydrogen (secondary N) is 3. The van der Waals surface area contributed by atoms with Gasteiger partial charge < -0.3 is 25.4 Å². The number of imidazole rings is 1. The average molecular weight is 548 g/mol. The smallest absolute Gasteiger partial charge is 0.287 e. The van der Waals surface area contributed by atoms with Crippen molar-refractivity contribution in [3.05, 3.63) is 42.5 Å². The molecule has 3 amide bonds. The number of piperazine rings is 1. The second kappa shape index (κ2) is 12.8. The van der Waals surface area contributed by atoms with Gasteiger partial charge in [-0.1, -0.05) is 0 Å². The number of benzene rings is 1. The number of amides is 3. The quantitative estimate of drug-likeness (QED) is 0.320. The van der Waals surface area contributed by atoms with E-state index < -0.39 is 39.6 Å². The fourth-order valence-corrected chi connectivity index (χ4v) is 5.34. The highest BCUT2D eigenvalue weighted by Crippen LogP contribution is 2.20. The molecular formula is C24H33N7O6S. The van der Waals surface area contributed by atoms with Gasteiger partial charge in [-0.15, -0.1) is 0 Å². The number of likely N-dealkylation sites (N-methyl/N-ethyl adjacent to an activating group) is 2. The number of aromatic nitrogens is 2. The van der Waals surface area contributed by atoms with Gasteiger partial charge in [0.15, 0.2) is 0 Å². The van der Waals surface area contributed by atoms with Crippen molar-refractivity contribution in [2.75, 3.05) is 45.6 Å². The Balaban J connectivity index is 1.68. The van der Waals surface area contributed by atoms with E-state index in [1.807, 2.05) is 7.05 Å². The summed E-state index contributed by atoms with van der Waals surface area (Å²) in [7, 11) is 1.27. The number of rotatable bonds is 11. The molecule has 1 aromatic carbocycles. The van der Waals surface area contributed by atoms with Crippen LogP contribution in [0, 0.1) is 0 Å². The van der Waals surface area contributed by atoms with Crippen molar-refractivity contribution in [3.8, 4) is 0 Å². The van der Waals surface area contributed by atoms with Crippen LogP contribution < -0.4 is 16.0 Å². The monoisotopic (exact) mass is 547 g/mol. The fraction of sp³-hybridized carbons (Fsp3) is 0.458. The first-order chi connectivity index (χ1) is 18.0. The number of carbonyl (C=O) groups excluding carboxylic acids is 4. The summed E-state index contributed by atoms with van der Waals surface area (Å²) in [6.45, 7) is 2.09. The minimum Gasteiger partial charge on any atom is -0.353 e. The van der Waals surface area contributed by atoms with Crippen molar-refractivity contribution >= 4 is 39.2 Å². The predicted molar refractivity (Wildman–Crippen MR) is 139 cm³/mol. The molecule has 0 spiro atoms. The minimum atomic E-state index is -3.66. The Hall–Kier alpha value is -3.62. The molecule has 1 aliphatic rings. The number of anilines is 1. The van der Waals surface area contributed by atoms with E-state index in [9.17, 15) is 27.6 Å². The Labute approximate surface area is 221 Å². The zero-order valence-corrected chi connectivity index (χ0v) is 22.5. The van der Waals surface area contributed by atoms with Crippen LogP contribution in [0.1, 0.15) is 29.8 Å². The lowest BCUT2D eigenvalue weighted by atomic mass is 10.1. The number of aryl methyl sites for hydroxylation is 1. The van der Waals surface area contributed by atoms with E-state index in [4.69, 9.17) is 0 Å². The third-order valence-corrected chi connectivity index (χ3v) is 8.18. The van der Waals surface area contributed by atoms with Crippen LogP contribution in [0.15, 0.2) is 41.7 Å². The summed E-state index contributed by atoms with van der Waals surface area (Å²) < 4.78 is 28.8. The molecule has 0 radical (unpaired) electrons. The number of Topliss-reactive ketones (excluding diaryl/α,β-unsaturated/α-hetero) is 1. The lowest BCUT2D eigenvalue weighted by molar-refractivity contribution is -0.137. The van der Waals surface area contributed by atoms with Gasteiger partial charge in [0.2, 0.25) is 21.7 Å². The number of hydrogen-bond acceptors (Lipinski definition) is 8. The molecule has 14 heteroatoms. The molecule has 13 nitrogen and oxygen atoms in total. The molecule has 2 aromatic rings. The molecule has 3 N–H and O–H groups in total. The second-order valence-corrected chi connectivity index (χ2v) is 11.0. The molecule has 0 bridgehead atoms. The van der Waals surface area contributed by atoms with Crippen molar-refractivity contribution < 1.29 is 27.6 Å². The molecule has 1 saturated heterocycles. The fourth-order valence-electron chi connectivity index (χ4n) is 3.91. The lowest BCUT2D eigenvalue weighted by Crippen LogP contribution is -2.47. The number of hydrogen-bond donors (Lipinski definition) is 3. The van der Waals surface area contributed by atoms with Gasteiger partial charge in [0.1, 0.15) is 11.7 Å². The highest BCUT2D eigenvalue weighted by Gasteiger charge is 2.28. The highest BCUT2D eigenvalue weighted by molar-refractivity contribution is 7.89. The summed E-state index contributed by atoms with van der Waals surface area (Å²) in [5, 5.41) is 7.60. The van der Waals surface area contributed by atoms with Crippen LogP contribution in [0.5, 0.6) is 0 Å². The van der Waals surface area contributed by atoms with E-state index >= 15 is 0 Å². The van der Waals surface area contributed by atoms with Crippen LogP contribution in [-0.4, -0.2) is 97.0 Å². The average Bonchev–Trinajstić information content (AvgIpc) is 3.33. The van der Waals surface area contributed by atoms with Crippen LogP contribution in [0.4, 0.5) is 5.69 Å². The Bertz CT molecular complexity index is 1270. The Morgan fingerprint density at radius 2 is 1.68 bits per heavy atom. The Kier molecular flexibility index (Phi) is 9.72. The molecular weight excluding hydrogens is 514 g/mol. The van der Waals surface area contributed by atoms with Gasteiger partial charge in [0.25, 0.3) is 11.8 Å². The lowest BCUT2D eigenvalue weighted by Gasteiger charge is -2.31.